The molecule has 1 amide bonds. The highest BCUT2D eigenvalue weighted by Crippen LogP contribution is 2.33. The van der Waals surface area contributed by atoms with Crippen LogP contribution in [0.25, 0.3) is 0 Å². The molecule has 0 radical (unpaired) electrons. The summed E-state index contributed by atoms with van der Waals surface area (Å²) in [6.07, 6.45) is 0.913. The lowest BCUT2D eigenvalue weighted by Gasteiger charge is -2.21. The smallest absolute Gasteiger partial charge is 0.258 e. The average molecular weight is 484 g/mol. The maximum atomic E-state index is 12.0. The van der Waals surface area contributed by atoms with Crippen LogP contribution in [0.1, 0.15) is 31.9 Å². The molecule has 2 rings (SSSR count). The standard InChI is InChI=1S/C22H28BrClN2O3/c1-22(2,3)26-21(27)14-29-20-12-18(23)16(11-19(20)28-4)13-25-10-9-15-5-7-17(24)8-6-15/h5-8,11-12,25H,9-10,13-14H2,1-4H3,(H,26,27). The van der Waals surface area contributed by atoms with Crippen molar-refractivity contribution in [2.75, 3.05) is 20.3 Å². The van der Waals surface area contributed by atoms with Gasteiger partial charge in [0.15, 0.2) is 18.1 Å². The van der Waals surface area contributed by atoms with Gasteiger partial charge in [0, 0.05) is 21.6 Å². The molecule has 0 saturated heterocycles. The molecule has 2 aromatic carbocycles. The minimum Gasteiger partial charge on any atom is -0.493 e. The molecule has 0 aromatic heterocycles. The van der Waals surface area contributed by atoms with E-state index in [4.69, 9.17) is 21.1 Å². The summed E-state index contributed by atoms with van der Waals surface area (Å²) in [5.41, 5.74) is 1.98. The molecule has 0 atom stereocenters. The molecule has 0 spiro atoms. The van der Waals surface area contributed by atoms with Gasteiger partial charge in [-0.2, -0.15) is 0 Å². The van der Waals surface area contributed by atoms with E-state index < -0.39 is 0 Å². The Morgan fingerprint density at radius 2 is 1.83 bits per heavy atom. The highest BCUT2D eigenvalue weighted by atomic mass is 79.9. The van der Waals surface area contributed by atoms with Crippen LogP contribution in [-0.4, -0.2) is 31.7 Å². The van der Waals surface area contributed by atoms with E-state index in [9.17, 15) is 4.79 Å². The molecule has 0 aliphatic heterocycles. The summed E-state index contributed by atoms with van der Waals surface area (Å²) in [4.78, 5) is 12.0. The third kappa shape index (κ3) is 8.25. The summed E-state index contributed by atoms with van der Waals surface area (Å²) in [6, 6.07) is 11.6. The zero-order valence-corrected chi connectivity index (χ0v) is 19.6. The number of methoxy groups -OCH3 is 1. The maximum absolute atomic E-state index is 12.0. The largest absolute Gasteiger partial charge is 0.493 e. The number of benzene rings is 2. The second kappa shape index (κ2) is 10.9. The van der Waals surface area contributed by atoms with Crippen LogP contribution in [0.2, 0.25) is 5.02 Å². The Morgan fingerprint density at radius 1 is 1.14 bits per heavy atom. The third-order valence-corrected chi connectivity index (χ3v) is 5.02. The van der Waals surface area contributed by atoms with Gasteiger partial charge in [0.25, 0.3) is 5.91 Å². The molecule has 0 fully saturated rings. The van der Waals surface area contributed by atoms with Crippen LogP contribution in [0.3, 0.4) is 0 Å². The second-order valence-corrected chi connectivity index (χ2v) is 9.03. The molecule has 158 valence electrons. The van der Waals surface area contributed by atoms with Gasteiger partial charge in [0.05, 0.1) is 7.11 Å². The summed E-state index contributed by atoms with van der Waals surface area (Å²) in [5.74, 6) is 0.934. The quantitative estimate of drug-likeness (QED) is 0.506. The van der Waals surface area contributed by atoms with Crippen molar-refractivity contribution in [1.82, 2.24) is 10.6 Å². The first-order chi connectivity index (χ1) is 13.7. The van der Waals surface area contributed by atoms with Gasteiger partial charge in [-0.05, 0) is 69.1 Å². The molecule has 0 unspecified atom stereocenters. The Balaban J connectivity index is 1.91. The molecular formula is C22H28BrClN2O3. The monoisotopic (exact) mass is 482 g/mol. The molecule has 0 aliphatic carbocycles. The van der Waals surface area contributed by atoms with Crippen LogP contribution in [0, 0.1) is 0 Å². The number of halogens is 2. The van der Waals surface area contributed by atoms with E-state index >= 15 is 0 Å². The van der Waals surface area contributed by atoms with E-state index in [-0.39, 0.29) is 18.1 Å². The topological polar surface area (TPSA) is 59.6 Å². The Hall–Kier alpha value is -1.76. The molecule has 0 aliphatic rings. The van der Waals surface area contributed by atoms with Crippen LogP contribution in [0.5, 0.6) is 11.5 Å². The normalized spacial score (nSPS) is 11.2. The average Bonchev–Trinajstić information content (AvgIpc) is 2.64. The predicted octanol–water partition coefficient (Wildman–Crippen LogP) is 4.74. The van der Waals surface area contributed by atoms with Gasteiger partial charge < -0.3 is 20.1 Å². The molecule has 29 heavy (non-hydrogen) atoms. The fourth-order valence-corrected chi connectivity index (χ4v) is 3.28. The van der Waals surface area contributed by atoms with Gasteiger partial charge in [-0.15, -0.1) is 0 Å². The number of rotatable bonds is 9. The van der Waals surface area contributed by atoms with E-state index in [0.717, 1.165) is 28.0 Å². The van der Waals surface area contributed by atoms with E-state index in [1.165, 1.54) is 5.56 Å². The first-order valence-electron chi connectivity index (χ1n) is 9.43. The zero-order chi connectivity index (χ0) is 21.4. The Morgan fingerprint density at radius 3 is 2.45 bits per heavy atom. The first kappa shape index (κ1) is 23.5. The first-order valence-corrected chi connectivity index (χ1v) is 10.6. The molecular weight excluding hydrogens is 456 g/mol. The lowest BCUT2D eigenvalue weighted by Crippen LogP contribution is -2.43. The van der Waals surface area contributed by atoms with E-state index in [1.54, 1.807) is 7.11 Å². The summed E-state index contributed by atoms with van der Waals surface area (Å²) in [5, 5.41) is 7.05. The van der Waals surface area contributed by atoms with Gasteiger partial charge in [0.2, 0.25) is 0 Å². The number of ether oxygens (including phenoxy) is 2. The van der Waals surface area contributed by atoms with Crippen molar-refractivity contribution in [3.05, 3.63) is 57.0 Å². The lowest BCUT2D eigenvalue weighted by atomic mass is 10.1. The SMILES string of the molecule is COc1cc(CNCCc2ccc(Cl)cc2)c(Br)cc1OCC(=O)NC(C)(C)C. The van der Waals surface area contributed by atoms with Crippen molar-refractivity contribution in [3.8, 4) is 11.5 Å². The maximum Gasteiger partial charge on any atom is 0.258 e. The van der Waals surface area contributed by atoms with Crippen molar-refractivity contribution >= 4 is 33.4 Å². The predicted molar refractivity (Wildman–Crippen MR) is 121 cm³/mol. The van der Waals surface area contributed by atoms with Gasteiger partial charge >= 0.3 is 0 Å². The molecule has 0 heterocycles. The van der Waals surface area contributed by atoms with Crippen LogP contribution >= 0.6 is 27.5 Å². The molecule has 2 aromatic rings. The van der Waals surface area contributed by atoms with Crippen LogP contribution in [-0.2, 0) is 17.8 Å². The van der Waals surface area contributed by atoms with Crippen LogP contribution in [0.4, 0.5) is 0 Å². The third-order valence-electron chi connectivity index (χ3n) is 4.03. The summed E-state index contributed by atoms with van der Waals surface area (Å²) in [7, 11) is 1.59. The number of hydrogen-bond acceptors (Lipinski definition) is 4. The summed E-state index contributed by atoms with van der Waals surface area (Å²) < 4.78 is 12.0. The van der Waals surface area contributed by atoms with Crippen molar-refractivity contribution in [2.45, 2.75) is 39.3 Å². The summed E-state index contributed by atoms with van der Waals surface area (Å²) in [6.45, 7) is 7.22. The molecule has 5 nitrogen and oxygen atoms in total. The van der Waals surface area contributed by atoms with Gasteiger partial charge in [-0.25, -0.2) is 0 Å². The molecule has 7 heteroatoms. The van der Waals surface area contributed by atoms with Crippen molar-refractivity contribution in [3.63, 3.8) is 0 Å². The number of nitrogens with one attached hydrogen (secondary N) is 2. The van der Waals surface area contributed by atoms with E-state index in [2.05, 4.69) is 26.6 Å². The van der Waals surface area contributed by atoms with Gasteiger partial charge in [0.1, 0.15) is 0 Å². The van der Waals surface area contributed by atoms with Crippen LogP contribution in [0.15, 0.2) is 40.9 Å². The minimum atomic E-state index is -0.299. The van der Waals surface area contributed by atoms with Gasteiger partial charge in [-0.3, -0.25) is 4.79 Å². The Kier molecular flexibility index (Phi) is 8.80. The number of carbonyl (C=O) groups excluding carboxylic acids is 1. The fourth-order valence-electron chi connectivity index (χ4n) is 2.69. The Labute approximate surface area is 186 Å². The van der Waals surface area contributed by atoms with Crippen molar-refractivity contribution in [1.29, 1.82) is 0 Å². The molecule has 0 saturated carbocycles. The molecule has 0 bridgehead atoms. The number of amides is 1. The van der Waals surface area contributed by atoms with Crippen molar-refractivity contribution in [2.24, 2.45) is 0 Å². The highest BCUT2D eigenvalue weighted by Gasteiger charge is 2.16. The van der Waals surface area contributed by atoms with Crippen molar-refractivity contribution < 1.29 is 14.3 Å². The lowest BCUT2D eigenvalue weighted by molar-refractivity contribution is -0.124. The zero-order valence-electron chi connectivity index (χ0n) is 17.3. The number of hydrogen-bond donors (Lipinski definition) is 2. The van der Waals surface area contributed by atoms with Gasteiger partial charge in [-0.1, -0.05) is 39.7 Å². The Bertz CT molecular complexity index is 820. The van der Waals surface area contributed by atoms with E-state index in [1.807, 2.05) is 57.2 Å². The van der Waals surface area contributed by atoms with Crippen LogP contribution < -0.4 is 20.1 Å². The molecule has 2 N–H and O–H groups in total. The number of carbonyl (C=O) groups is 1. The second-order valence-electron chi connectivity index (χ2n) is 7.73. The fraction of sp³-hybridized carbons (Fsp3) is 0.409. The summed E-state index contributed by atoms with van der Waals surface area (Å²) >= 11 is 9.50. The minimum absolute atomic E-state index is 0.0707. The van der Waals surface area contributed by atoms with E-state index in [0.29, 0.717) is 18.0 Å². The highest BCUT2D eigenvalue weighted by molar-refractivity contribution is 9.10.